The van der Waals surface area contributed by atoms with Crippen LogP contribution in [0.15, 0.2) is 53.4 Å². The van der Waals surface area contributed by atoms with Gasteiger partial charge in [-0.15, -0.1) is 0 Å². The molecule has 0 amide bonds. The van der Waals surface area contributed by atoms with Crippen molar-refractivity contribution in [2.24, 2.45) is 0 Å². The normalized spacial score (nSPS) is 11.3. The summed E-state index contributed by atoms with van der Waals surface area (Å²) in [6.07, 6.45) is 2.34. The highest BCUT2D eigenvalue weighted by atomic mass is 32.2. The topological polar surface area (TPSA) is 64.6 Å². The van der Waals surface area contributed by atoms with E-state index in [0.29, 0.717) is 37.7 Å². The molecule has 142 valence electrons. The largest absolute Gasteiger partial charge is 0.490 e. The lowest BCUT2D eigenvalue weighted by Crippen LogP contribution is -2.26. The quantitative estimate of drug-likeness (QED) is 0.647. The minimum absolute atomic E-state index is 0.181. The molecule has 0 unspecified atom stereocenters. The van der Waals surface area contributed by atoms with E-state index in [1.807, 2.05) is 44.2 Å². The maximum absolute atomic E-state index is 12.6. The maximum Gasteiger partial charge on any atom is 0.240 e. The highest BCUT2D eigenvalue weighted by molar-refractivity contribution is 7.89. The van der Waals surface area contributed by atoms with E-state index in [1.165, 1.54) is 6.07 Å². The lowest BCUT2D eigenvalue weighted by atomic mass is 10.2. The van der Waals surface area contributed by atoms with Crippen LogP contribution in [0.5, 0.6) is 11.5 Å². The van der Waals surface area contributed by atoms with Gasteiger partial charge in [0.1, 0.15) is 0 Å². The molecule has 0 aliphatic carbocycles. The van der Waals surface area contributed by atoms with Crippen LogP contribution in [0.3, 0.4) is 0 Å². The Morgan fingerprint density at radius 3 is 2.19 bits per heavy atom. The van der Waals surface area contributed by atoms with Gasteiger partial charge >= 0.3 is 0 Å². The molecule has 2 rings (SSSR count). The van der Waals surface area contributed by atoms with E-state index in [4.69, 9.17) is 9.47 Å². The summed E-state index contributed by atoms with van der Waals surface area (Å²) < 4.78 is 39.1. The second kappa shape index (κ2) is 10.2. The molecule has 6 heteroatoms. The van der Waals surface area contributed by atoms with Gasteiger partial charge in [0.05, 0.1) is 18.1 Å². The van der Waals surface area contributed by atoms with Crippen LogP contribution in [-0.4, -0.2) is 28.2 Å². The molecule has 0 spiro atoms. The fourth-order valence-electron chi connectivity index (χ4n) is 2.37. The van der Waals surface area contributed by atoms with E-state index in [1.54, 1.807) is 12.1 Å². The van der Waals surface area contributed by atoms with Gasteiger partial charge in [-0.1, -0.05) is 44.2 Å². The van der Waals surface area contributed by atoms with Crippen molar-refractivity contribution in [3.8, 4) is 11.5 Å². The molecule has 0 saturated heterocycles. The standard InChI is InChI=1S/C20H27NO4S/c1-3-14-24-19-11-10-18(16-20(19)25-15-4-2)26(22,23)21-13-12-17-8-6-5-7-9-17/h5-11,16,21H,3-4,12-15H2,1-2H3. The number of rotatable bonds is 11. The monoisotopic (exact) mass is 377 g/mol. The van der Waals surface area contributed by atoms with Crippen molar-refractivity contribution in [1.29, 1.82) is 0 Å². The van der Waals surface area contributed by atoms with E-state index >= 15 is 0 Å². The molecule has 1 N–H and O–H groups in total. The van der Waals surface area contributed by atoms with Gasteiger partial charge in [0.2, 0.25) is 10.0 Å². The average Bonchev–Trinajstić information content (AvgIpc) is 2.65. The van der Waals surface area contributed by atoms with E-state index in [2.05, 4.69) is 4.72 Å². The Morgan fingerprint density at radius 2 is 1.54 bits per heavy atom. The smallest absolute Gasteiger partial charge is 0.240 e. The molecule has 0 atom stereocenters. The molecule has 0 bridgehead atoms. The van der Waals surface area contributed by atoms with E-state index in [9.17, 15) is 8.42 Å². The minimum atomic E-state index is -3.60. The summed E-state index contributed by atoms with van der Waals surface area (Å²) >= 11 is 0. The van der Waals surface area contributed by atoms with E-state index in [0.717, 1.165) is 18.4 Å². The molecular formula is C20H27NO4S. The third-order valence-corrected chi connectivity index (χ3v) is 5.16. The third kappa shape index (κ3) is 6.04. The van der Waals surface area contributed by atoms with Crippen molar-refractivity contribution < 1.29 is 17.9 Å². The number of nitrogens with one attached hydrogen (secondary N) is 1. The van der Waals surface area contributed by atoms with Crippen molar-refractivity contribution in [2.45, 2.75) is 38.0 Å². The third-order valence-electron chi connectivity index (χ3n) is 3.70. The van der Waals surface area contributed by atoms with Crippen LogP contribution >= 0.6 is 0 Å². The molecule has 0 fully saturated rings. The Kier molecular flexibility index (Phi) is 7.94. The van der Waals surface area contributed by atoms with Crippen LogP contribution < -0.4 is 14.2 Å². The zero-order valence-electron chi connectivity index (χ0n) is 15.4. The fourth-order valence-corrected chi connectivity index (χ4v) is 3.42. The van der Waals surface area contributed by atoms with Gasteiger partial charge in [0.15, 0.2) is 11.5 Å². The minimum Gasteiger partial charge on any atom is -0.490 e. The first-order valence-electron chi connectivity index (χ1n) is 9.00. The lowest BCUT2D eigenvalue weighted by molar-refractivity contribution is 0.267. The molecule has 26 heavy (non-hydrogen) atoms. The highest BCUT2D eigenvalue weighted by Crippen LogP contribution is 2.30. The van der Waals surface area contributed by atoms with Crippen molar-refractivity contribution in [1.82, 2.24) is 4.72 Å². The molecule has 0 aliphatic rings. The zero-order valence-corrected chi connectivity index (χ0v) is 16.2. The van der Waals surface area contributed by atoms with Crippen molar-refractivity contribution in [3.63, 3.8) is 0 Å². The van der Waals surface area contributed by atoms with Gasteiger partial charge in [-0.25, -0.2) is 13.1 Å². The first-order chi connectivity index (χ1) is 12.6. The number of ether oxygens (including phenoxy) is 2. The van der Waals surface area contributed by atoms with Crippen molar-refractivity contribution >= 4 is 10.0 Å². The number of sulfonamides is 1. The summed E-state index contributed by atoms with van der Waals surface area (Å²) in [6, 6.07) is 14.5. The van der Waals surface area contributed by atoms with Gasteiger partial charge in [0.25, 0.3) is 0 Å². The van der Waals surface area contributed by atoms with Crippen LogP contribution in [0, 0.1) is 0 Å². The van der Waals surface area contributed by atoms with Gasteiger partial charge in [-0.3, -0.25) is 0 Å². The lowest BCUT2D eigenvalue weighted by Gasteiger charge is -2.14. The molecule has 0 radical (unpaired) electrons. The molecule has 0 aliphatic heterocycles. The molecule has 0 heterocycles. The average molecular weight is 378 g/mol. The van der Waals surface area contributed by atoms with Gasteiger partial charge in [0, 0.05) is 12.6 Å². The Hall–Kier alpha value is -2.05. The zero-order chi connectivity index (χ0) is 18.8. The predicted molar refractivity (Wildman–Crippen MR) is 103 cm³/mol. The summed E-state index contributed by atoms with van der Waals surface area (Å²) in [5.41, 5.74) is 1.09. The first-order valence-corrected chi connectivity index (χ1v) is 10.5. The van der Waals surface area contributed by atoms with E-state index < -0.39 is 10.0 Å². The number of hydrogen-bond acceptors (Lipinski definition) is 4. The van der Waals surface area contributed by atoms with Crippen LogP contribution in [0.1, 0.15) is 32.3 Å². The second-order valence-corrected chi connectivity index (χ2v) is 7.71. The summed E-state index contributed by atoms with van der Waals surface area (Å²) in [4.78, 5) is 0.181. The van der Waals surface area contributed by atoms with Gasteiger partial charge < -0.3 is 9.47 Å². The highest BCUT2D eigenvalue weighted by Gasteiger charge is 2.17. The summed E-state index contributed by atoms with van der Waals surface area (Å²) in [6.45, 7) is 5.42. The SMILES string of the molecule is CCCOc1ccc(S(=O)(=O)NCCc2ccccc2)cc1OCCC. The number of hydrogen-bond donors (Lipinski definition) is 1. The molecule has 5 nitrogen and oxygen atoms in total. The second-order valence-electron chi connectivity index (χ2n) is 5.94. The fraction of sp³-hybridized carbons (Fsp3) is 0.400. The van der Waals surface area contributed by atoms with Gasteiger partial charge in [-0.05, 0) is 37.0 Å². The summed E-state index contributed by atoms with van der Waals surface area (Å²) in [5.74, 6) is 1.04. The van der Waals surface area contributed by atoms with Crippen LogP contribution in [0.4, 0.5) is 0 Å². The molecule has 0 saturated carbocycles. The Balaban J connectivity index is 2.08. The van der Waals surface area contributed by atoms with Crippen molar-refractivity contribution in [2.75, 3.05) is 19.8 Å². The molecule has 2 aromatic carbocycles. The van der Waals surface area contributed by atoms with Crippen LogP contribution in [0.25, 0.3) is 0 Å². The molecule has 0 aromatic heterocycles. The Bertz CT molecular complexity index is 776. The predicted octanol–water partition coefficient (Wildman–Crippen LogP) is 3.79. The molecular weight excluding hydrogens is 350 g/mol. The van der Waals surface area contributed by atoms with Gasteiger partial charge in [-0.2, -0.15) is 0 Å². The summed E-state index contributed by atoms with van der Waals surface area (Å²) in [7, 11) is -3.60. The van der Waals surface area contributed by atoms with Crippen LogP contribution in [-0.2, 0) is 16.4 Å². The van der Waals surface area contributed by atoms with E-state index in [-0.39, 0.29) is 4.90 Å². The maximum atomic E-state index is 12.6. The molecule has 2 aromatic rings. The summed E-state index contributed by atoms with van der Waals surface area (Å²) in [5, 5.41) is 0. The Morgan fingerprint density at radius 1 is 0.885 bits per heavy atom. The van der Waals surface area contributed by atoms with Crippen LogP contribution in [0.2, 0.25) is 0 Å². The first kappa shape index (κ1) is 20.3. The number of benzene rings is 2. The van der Waals surface area contributed by atoms with Crippen molar-refractivity contribution in [3.05, 3.63) is 54.1 Å². The Labute approximate surface area is 156 Å².